The number of benzene rings is 1. The van der Waals surface area contributed by atoms with Crippen molar-refractivity contribution in [3.05, 3.63) is 35.1 Å². The van der Waals surface area contributed by atoms with Crippen molar-refractivity contribution in [2.75, 3.05) is 39.9 Å². The number of methoxy groups -OCH3 is 1. The van der Waals surface area contributed by atoms with Gasteiger partial charge in [0.05, 0.1) is 0 Å². The molecule has 1 amide bonds. The van der Waals surface area contributed by atoms with Gasteiger partial charge < -0.3 is 14.7 Å². The fraction of sp³-hybridized carbons (Fsp3) is 0.556. The van der Waals surface area contributed by atoms with Gasteiger partial charge in [0, 0.05) is 45.8 Å². The average molecular weight is 350 g/mol. The molecule has 2 atom stereocenters. The second-order valence-electron chi connectivity index (χ2n) is 7.17. The van der Waals surface area contributed by atoms with Gasteiger partial charge in [-0.15, -0.1) is 0 Å². The Morgan fingerprint density at radius 2 is 2.08 bits per heavy atom. The first kappa shape index (κ1) is 17.8. The lowest BCUT2D eigenvalue weighted by molar-refractivity contribution is -0.149. The highest BCUT2D eigenvalue weighted by Gasteiger charge is 2.58. The number of nitrogens with zero attached hydrogens (tertiary/aromatic N) is 2. The molecule has 2 saturated heterocycles. The van der Waals surface area contributed by atoms with Gasteiger partial charge >= 0.3 is 5.97 Å². The van der Waals surface area contributed by atoms with E-state index in [0.29, 0.717) is 26.2 Å². The maximum absolute atomic E-state index is 13.6. The molecule has 25 heavy (non-hydrogen) atoms. The fourth-order valence-electron chi connectivity index (χ4n) is 4.16. The molecule has 0 radical (unpaired) electrons. The highest BCUT2D eigenvalue weighted by atomic mass is 19.1. The molecule has 136 valence electrons. The number of carbonyl (C=O) groups is 2. The van der Waals surface area contributed by atoms with Crippen LogP contribution in [0.1, 0.15) is 11.1 Å². The monoisotopic (exact) mass is 350 g/mol. The topological polar surface area (TPSA) is 70.1 Å². The molecule has 2 aliphatic rings. The standard InChI is InChI=1S/C18H23FN2O4/c1-12-3-13(5-15(19)4-12)6-20-7-14-8-21(16(22)9-25-2)11-18(14,10-20)17(23)24/h3-5,14H,6-11H2,1-2H3,(H,23,24)/t14-,18-/m0/s1. The third-order valence-electron chi connectivity index (χ3n) is 5.23. The predicted octanol–water partition coefficient (Wildman–Crippen LogP) is 1.13. The van der Waals surface area contributed by atoms with Crippen LogP contribution < -0.4 is 0 Å². The average Bonchev–Trinajstić information content (AvgIpc) is 3.01. The number of carboxylic acid groups (broad SMARTS) is 1. The van der Waals surface area contributed by atoms with Gasteiger partial charge in [-0.3, -0.25) is 14.5 Å². The van der Waals surface area contributed by atoms with Crippen LogP contribution in [-0.2, 0) is 20.9 Å². The second-order valence-corrected chi connectivity index (χ2v) is 7.17. The Morgan fingerprint density at radius 1 is 1.32 bits per heavy atom. The molecule has 0 aliphatic carbocycles. The minimum Gasteiger partial charge on any atom is -0.481 e. The maximum atomic E-state index is 13.6. The van der Waals surface area contributed by atoms with E-state index in [2.05, 4.69) is 0 Å². The van der Waals surface area contributed by atoms with Gasteiger partial charge in [0.2, 0.25) is 5.91 Å². The van der Waals surface area contributed by atoms with Crippen LogP contribution in [0.2, 0.25) is 0 Å². The van der Waals surface area contributed by atoms with E-state index in [4.69, 9.17) is 4.74 Å². The number of aryl methyl sites for hydroxylation is 1. The molecule has 0 aromatic heterocycles. The molecule has 0 bridgehead atoms. The molecule has 1 aromatic carbocycles. The first-order valence-corrected chi connectivity index (χ1v) is 8.32. The zero-order chi connectivity index (χ0) is 18.2. The summed E-state index contributed by atoms with van der Waals surface area (Å²) >= 11 is 0. The summed E-state index contributed by atoms with van der Waals surface area (Å²) in [5.41, 5.74) is 0.732. The van der Waals surface area contributed by atoms with Gasteiger partial charge in [0.15, 0.2) is 0 Å². The van der Waals surface area contributed by atoms with Crippen molar-refractivity contribution in [1.29, 1.82) is 0 Å². The highest BCUT2D eigenvalue weighted by molar-refractivity contribution is 5.82. The zero-order valence-corrected chi connectivity index (χ0v) is 14.5. The third-order valence-corrected chi connectivity index (χ3v) is 5.23. The Balaban J connectivity index is 1.73. The van der Waals surface area contributed by atoms with Crippen LogP contribution in [0.3, 0.4) is 0 Å². The number of aliphatic carboxylic acids is 1. The van der Waals surface area contributed by atoms with Crippen molar-refractivity contribution in [3.8, 4) is 0 Å². The molecule has 0 spiro atoms. The molecule has 2 fully saturated rings. The second kappa shape index (κ2) is 6.72. The van der Waals surface area contributed by atoms with Crippen LogP contribution >= 0.6 is 0 Å². The van der Waals surface area contributed by atoms with Gasteiger partial charge in [-0.05, 0) is 30.2 Å². The maximum Gasteiger partial charge on any atom is 0.313 e. The van der Waals surface area contributed by atoms with Crippen molar-refractivity contribution in [3.63, 3.8) is 0 Å². The Hall–Kier alpha value is -1.99. The summed E-state index contributed by atoms with van der Waals surface area (Å²) in [7, 11) is 1.45. The molecular formula is C18H23FN2O4. The normalized spacial score (nSPS) is 26.0. The lowest BCUT2D eigenvalue weighted by Crippen LogP contribution is -2.42. The highest BCUT2D eigenvalue weighted by Crippen LogP contribution is 2.43. The summed E-state index contributed by atoms with van der Waals surface area (Å²) < 4.78 is 18.4. The Bertz CT molecular complexity index is 675. The molecule has 0 saturated carbocycles. The van der Waals surface area contributed by atoms with Gasteiger partial charge in [-0.2, -0.15) is 0 Å². The smallest absolute Gasteiger partial charge is 0.313 e. The quantitative estimate of drug-likeness (QED) is 0.862. The van der Waals surface area contributed by atoms with Crippen molar-refractivity contribution in [2.45, 2.75) is 13.5 Å². The zero-order valence-electron chi connectivity index (χ0n) is 14.5. The summed E-state index contributed by atoms with van der Waals surface area (Å²) in [6.07, 6.45) is 0. The number of amides is 1. The molecule has 2 heterocycles. The molecule has 2 aliphatic heterocycles. The summed E-state index contributed by atoms with van der Waals surface area (Å²) in [6.45, 7) is 3.88. The van der Waals surface area contributed by atoms with Gasteiger partial charge in [0.25, 0.3) is 0 Å². The number of rotatable bonds is 5. The van der Waals surface area contributed by atoms with Crippen LogP contribution in [0.15, 0.2) is 18.2 Å². The Morgan fingerprint density at radius 3 is 2.68 bits per heavy atom. The van der Waals surface area contributed by atoms with Crippen molar-refractivity contribution in [2.24, 2.45) is 11.3 Å². The molecule has 0 unspecified atom stereocenters. The number of ether oxygens (including phenoxy) is 1. The largest absolute Gasteiger partial charge is 0.481 e. The minimum absolute atomic E-state index is 0.0330. The SMILES string of the molecule is COCC(=O)N1C[C@@H]2CN(Cc3cc(C)cc(F)c3)C[C@]2(C(=O)O)C1. The van der Waals surface area contributed by atoms with Crippen LogP contribution in [0, 0.1) is 24.1 Å². The first-order chi connectivity index (χ1) is 11.8. The lowest BCUT2D eigenvalue weighted by atomic mass is 9.81. The van der Waals surface area contributed by atoms with Gasteiger partial charge in [-0.1, -0.05) is 6.07 Å². The van der Waals surface area contributed by atoms with E-state index in [1.165, 1.54) is 19.2 Å². The number of carbonyl (C=O) groups excluding carboxylic acids is 1. The first-order valence-electron chi connectivity index (χ1n) is 8.32. The van der Waals surface area contributed by atoms with Crippen LogP contribution in [-0.4, -0.2) is 66.7 Å². The van der Waals surface area contributed by atoms with E-state index in [1.807, 2.05) is 17.9 Å². The number of fused-ring (bicyclic) bond motifs is 1. The Labute approximate surface area is 146 Å². The number of hydrogen-bond donors (Lipinski definition) is 1. The number of halogens is 1. The molecular weight excluding hydrogens is 327 g/mol. The summed E-state index contributed by atoms with van der Waals surface area (Å²) in [5.74, 6) is -1.45. The van der Waals surface area contributed by atoms with E-state index < -0.39 is 11.4 Å². The lowest BCUT2D eigenvalue weighted by Gasteiger charge is -2.25. The van der Waals surface area contributed by atoms with Crippen molar-refractivity contribution >= 4 is 11.9 Å². The molecule has 3 rings (SSSR count). The fourth-order valence-corrected chi connectivity index (χ4v) is 4.16. The summed E-state index contributed by atoms with van der Waals surface area (Å²) in [6, 6.07) is 4.88. The number of hydrogen-bond acceptors (Lipinski definition) is 4. The molecule has 1 aromatic rings. The van der Waals surface area contributed by atoms with Crippen molar-refractivity contribution < 1.29 is 23.8 Å². The van der Waals surface area contributed by atoms with Crippen LogP contribution in [0.4, 0.5) is 4.39 Å². The minimum atomic E-state index is -0.953. The summed E-state index contributed by atoms with van der Waals surface area (Å²) in [5, 5.41) is 9.82. The third kappa shape index (κ3) is 3.39. The summed E-state index contributed by atoms with van der Waals surface area (Å²) in [4.78, 5) is 27.7. The van der Waals surface area contributed by atoms with Crippen LogP contribution in [0.25, 0.3) is 0 Å². The molecule has 6 nitrogen and oxygen atoms in total. The van der Waals surface area contributed by atoms with E-state index in [9.17, 15) is 19.1 Å². The van der Waals surface area contributed by atoms with Gasteiger partial charge in [0.1, 0.15) is 17.8 Å². The Kier molecular flexibility index (Phi) is 4.79. The molecule has 1 N–H and O–H groups in total. The van der Waals surface area contributed by atoms with Crippen molar-refractivity contribution in [1.82, 2.24) is 9.80 Å². The number of likely N-dealkylation sites (tertiary alicyclic amines) is 2. The van der Waals surface area contributed by atoms with E-state index in [0.717, 1.165) is 11.1 Å². The van der Waals surface area contributed by atoms with E-state index >= 15 is 0 Å². The van der Waals surface area contributed by atoms with E-state index in [-0.39, 0.29) is 30.8 Å². The predicted molar refractivity (Wildman–Crippen MR) is 88.4 cm³/mol. The molecule has 7 heteroatoms. The number of carboxylic acids is 1. The van der Waals surface area contributed by atoms with Crippen LogP contribution in [0.5, 0.6) is 0 Å². The van der Waals surface area contributed by atoms with E-state index in [1.54, 1.807) is 4.90 Å². The van der Waals surface area contributed by atoms with Gasteiger partial charge in [-0.25, -0.2) is 4.39 Å².